The summed E-state index contributed by atoms with van der Waals surface area (Å²) in [4.78, 5) is 35.2. The predicted molar refractivity (Wildman–Crippen MR) is 123 cm³/mol. The van der Waals surface area contributed by atoms with Gasteiger partial charge in [0.2, 0.25) is 0 Å². The second-order valence-corrected chi connectivity index (χ2v) is 7.43. The largest absolute Gasteiger partial charge is 0.478 e. The van der Waals surface area contributed by atoms with E-state index in [0.717, 1.165) is 40.5 Å². The number of aromatic carboxylic acids is 1. The van der Waals surface area contributed by atoms with E-state index in [4.69, 9.17) is 9.84 Å². The lowest BCUT2D eigenvalue weighted by atomic mass is 9.98. The van der Waals surface area contributed by atoms with E-state index >= 15 is 0 Å². The number of hydrogen-bond donors (Lipinski definition) is 3. The summed E-state index contributed by atoms with van der Waals surface area (Å²) in [6.07, 6.45) is -0.678. The highest BCUT2D eigenvalue weighted by Crippen LogP contribution is 2.44. The van der Waals surface area contributed by atoms with Crippen LogP contribution in [-0.4, -0.2) is 36.2 Å². The number of carbonyl (C=O) groups is 3. The maximum Gasteiger partial charge on any atom is 0.407 e. The molecule has 0 saturated heterocycles. The summed E-state index contributed by atoms with van der Waals surface area (Å²) in [6.45, 7) is -0.00436. The van der Waals surface area contributed by atoms with Crippen molar-refractivity contribution in [2.45, 2.75) is 5.92 Å². The molecule has 0 aliphatic heterocycles. The number of halogens is 1. The quantitative estimate of drug-likeness (QED) is 0.502. The molecule has 0 saturated carbocycles. The number of amides is 2. The highest BCUT2D eigenvalue weighted by molar-refractivity contribution is 6.07. The molecule has 0 fully saturated rings. The Hall–Kier alpha value is -4.64. The number of fused-ring (bicyclic) bond motifs is 3. The number of nitrogens with one attached hydrogen (secondary N) is 2. The van der Waals surface area contributed by atoms with Crippen molar-refractivity contribution < 1.29 is 28.6 Å². The molecule has 0 bridgehead atoms. The number of alkyl carbamates (subject to hydrolysis) is 1. The maximum atomic E-state index is 13.2. The number of carboxylic acids is 1. The Kier molecular flexibility index (Phi) is 6.55. The van der Waals surface area contributed by atoms with Gasteiger partial charge in [-0.15, -0.1) is 0 Å². The lowest BCUT2D eigenvalue weighted by Crippen LogP contribution is -2.26. The summed E-state index contributed by atoms with van der Waals surface area (Å²) in [7, 11) is 0. The minimum Gasteiger partial charge on any atom is -0.478 e. The minimum absolute atomic E-state index is 0.0749. The molecule has 34 heavy (non-hydrogen) atoms. The third kappa shape index (κ3) is 4.89. The smallest absolute Gasteiger partial charge is 0.407 e. The fourth-order valence-corrected chi connectivity index (χ4v) is 3.85. The van der Waals surface area contributed by atoms with Crippen LogP contribution in [0.1, 0.15) is 27.4 Å². The van der Waals surface area contributed by atoms with E-state index in [1.54, 1.807) is 0 Å². The van der Waals surface area contributed by atoms with Gasteiger partial charge in [-0.3, -0.25) is 4.79 Å². The summed E-state index contributed by atoms with van der Waals surface area (Å²) in [6, 6.07) is 18.9. The molecule has 8 heteroatoms. The van der Waals surface area contributed by atoms with E-state index in [0.29, 0.717) is 0 Å². The molecule has 0 radical (unpaired) electrons. The molecule has 1 aliphatic rings. The van der Waals surface area contributed by atoms with Gasteiger partial charge in [-0.05, 0) is 46.4 Å². The number of rotatable bonds is 5. The van der Waals surface area contributed by atoms with Gasteiger partial charge in [-0.1, -0.05) is 54.5 Å². The molecule has 1 aliphatic carbocycles. The summed E-state index contributed by atoms with van der Waals surface area (Å²) >= 11 is 0. The lowest BCUT2D eigenvalue weighted by Gasteiger charge is -2.14. The Labute approximate surface area is 194 Å². The number of hydrogen-bond acceptors (Lipinski definition) is 4. The SMILES string of the molecule is O=C(C#CCNC(=O)OCC1c2ccccc2-c2ccccc21)Nc1ccc(F)cc1C(=O)O. The van der Waals surface area contributed by atoms with Crippen molar-refractivity contribution in [1.29, 1.82) is 0 Å². The topological polar surface area (TPSA) is 105 Å². The van der Waals surface area contributed by atoms with Crippen molar-refractivity contribution in [3.05, 3.63) is 89.2 Å². The van der Waals surface area contributed by atoms with Gasteiger partial charge in [-0.25, -0.2) is 14.0 Å². The van der Waals surface area contributed by atoms with Gasteiger partial charge in [0.15, 0.2) is 0 Å². The summed E-state index contributed by atoms with van der Waals surface area (Å²) in [5.41, 5.74) is 3.95. The van der Waals surface area contributed by atoms with E-state index in [9.17, 15) is 18.8 Å². The average Bonchev–Trinajstić information content (AvgIpc) is 3.15. The fourth-order valence-electron chi connectivity index (χ4n) is 3.85. The molecular formula is C26H19FN2O5. The van der Waals surface area contributed by atoms with Crippen molar-refractivity contribution >= 4 is 23.7 Å². The van der Waals surface area contributed by atoms with E-state index < -0.39 is 29.4 Å². The first kappa shape index (κ1) is 22.6. The van der Waals surface area contributed by atoms with Crippen molar-refractivity contribution in [2.75, 3.05) is 18.5 Å². The van der Waals surface area contributed by atoms with Crippen LogP contribution < -0.4 is 10.6 Å². The van der Waals surface area contributed by atoms with Crippen LogP contribution in [0.15, 0.2) is 66.7 Å². The van der Waals surface area contributed by atoms with Crippen molar-refractivity contribution in [3.8, 4) is 23.0 Å². The van der Waals surface area contributed by atoms with Crippen LogP contribution in [0.3, 0.4) is 0 Å². The van der Waals surface area contributed by atoms with Gasteiger partial charge in [0.25, 0.3) is 5.91 Å². The van der Waals surface area contributed by atoms with Crippen LogP contribution in [0.25, 0.3) is 11.1 Å². The number of anilines is 1. The van der Waals surface area contributed by atoms with Crippen LogP contribution in [-0.2, 0) is 9.53 Å². The van der Waals surface area contributed by atoms with Crippen molar-refractivity contribution in [2.24, 2.45) is 0 Å². The molecular weight excluding hydrogens is 439 g/mol. The third-order valence-corrected chi connectivity index (χ3v) is 5.33. The highest BCUT2D eigenvalue weighted by Gasteiger charge is 2.28. The monoisotopic (exact) mass is 458 g/mol. The van der Waals surface area contributed by atoms with Crippen LogP contribution in [0, 0.1) is 17.7 Å². The Morgan fingerprint density at radius 1 is 0.971 bits per heavy atom. The Morgan fingerprint density at radius 2 is 1.62 bits per heavy atom. The third-order valence-electron chi connectivity index (χ3n) is 5.33. The predicted octanol–water partition coefficient (Wildman–Crippen LogP) is 4.00. The summed E-state index contributed by atoms with van der Waals surface area (Å²) < 4.78 is 18.6. The molecule has 4 rings (SSSR count). The average molecular weight is 458 g/mol. The molecule has 3 N–H and O–H groups in total. The highest BCUT2D eigenvalue weighted by atomic mass is 19.1. The number of ether oxygens (including phenoxy) is 1. The summed E-state index contributed by atoms with van der Waals surface area (Å²) in [5.74, 6) is 1.69. The van der Waals surface area contributed by atoms with Crippen molar-refractivity contribution in [1.82, 2.24) is 5.32 Å². The second kappa shape index (κ2) is 9.88. The van der Waals surface area contributed by atoms with E-state index in [2.05, 4.69) is 22.5 Å². The first-order valence-corrected chi connectivity index (χ1v) is 10.4. The van der Waals surface area contributed by atoms with Crippen LogP contribution in [0.2, 0.25) is 0 Å². The zero-order chi connectivity index (χ0) is 24.1. The van der Waals surface area contributed by atoms with Crippen molar-refractivity contribution in [3.63, 3.8) is 0 Å². The van der Waals surface area contributed by atoms with Gasteiger partial charge in [-0.2, -0.15) is 0 Å². The Balaban J connectivity index is 1.29. The molecule has 0 heterocycles. The van der Waals surface area contributed by atoms with Gasteiger partial charge in [0, 0.05) is 5.92 Å². The van der Waals surface area contributed by atoms with Gasteiger partial charge in [0.1, 0.15) is 12.4 Å². The normalized spacial score (nSPS) is 11.4. The van der Waals surface area contributed by atoms with E-state index in [1.807, 2.05) is 48.5 Å². The fraction of sp³-hybridized carbons (Fsp3) is 0.115. The molecule has 0 aromatic heterocycles. The van der Waals surface area contributed by atoms with Gasteiger partial charge in [0.05, 0.1) is 17.8 Å². The molecule has 0 unspecified atom stereocenters. The zero-order valence-corrected chi connectivity index (χ0v) is 17.8. The number of carbonyl (C=O) groups excluding carboxylic acids is 2. The zero-order valence-electron chi connectivity index (χ0n) is 17.8. The van der Waals surface area contributed by atoms with Gasteiger partial charge < -0.3 is 20.5 Å². The standard InChI is InChI=1S/C26H19FN2O5/c27-16-11-12-23(21(14-16)25(31)32)29-24(30)10-5-13-28-26(33)34-15-22-19-8-3-1-6-17(19)18-7-2-4-9-20(18)22/h1-4,6-9,11-12,14,22H,13,15H2,(H,28,33)(H,29,30)(H,31,32). The molecule has 0 atom stereocenters. The van der Waals surface area contributed by atoms with Crippen LogP contribution in [0.4, 0.5) is 14.9 Å². The lowest BCUT2D eigenvalue weighted by molar-refractivity contribution is -0.111. The van der Waals surface area contributed by atoms with Gasteiger partial charge >= 0.3 is 12.1 Å². The Bertz CT molecular complexity index is 1300. The Morgan fingerprint density at radius 3 is 2.26 bits per heavy atom. The maximum absolute atomic E-state index is 13.2. The number of carboxylic acid groups (broad SMARTS) is 1. The number of benzene rings is 3. The van der Waals surface area contributed by atoms with E-state index in [-0.39, 0.29) is 24.8 Å². The van der Waals surface area contributed by atoms with Crippen LogP contribution >= 0.6 is 0 Å². The molecule has 0 spiro atoms. The molecule has 2 amide bonds. The molecule has 3 aromatic rings. The first-order valence-electron chi connectivity index (χ1n) is 10.4. The minimum atomic E-state index is -1.39. The van der Waals surface area contributed by atoms with E-state index in [1.165, 1.54) is 0 Å². The molecule has 3 aromatic carbocycles. The molecule has 7 nitrogen and oxygen atoms in total. The van der Waals surface area contributed by atoms with Crippen LogP contribution in [0.5, 0.6) is 0 Å². The summed E-state index contributed by atoms with van der Waals surface area (Å²) in [5, 5.41) is 13.8. The molecule has 170 valence electrons. The first-order chi connectivity index (χ1) is 16.4. The second-order valence-electron chi connectivity index (χ2n) is 7.43.